The zero-order valence-electron chi connectivity index (χ0n) is 13.1. The molecule has 0 radical (unpaired) electrons. The van der Waals surface area contributed by atoms with Crippen LogP contribution in [0, 0.1) is 11.8 Å². The average Bonchev–Trinajstić information content (AvgIpc) is 2.54. The zero-order valence-corrected chi connectivity index (χ0v) is 13.1. The van der Waals surface area contributed by atoms with Crippen molar-refractivity contribution in [3.05, 3.63) is 24.3 Å². The lowest BCUT2D eigenvalue weighted by atomic mass is 9.85. The van der Waals surface area contributed by atoms with Crippen molar-refractivity contribution in [3.8, 4) is 5.75 Å². The number of benzene rings is 1. The Labute approximate surface area is 131 Å². The van der Waals surface area contributed by atoms with Gasteiger partial charge < -0.3 is 15.4 Å². The van der Waals surface area contributed by atoms with Crippen LogP contribution in [0.3, 0.4) is 0 Å². The van der Waals surface area contributed by atoms with Gasteiger partial charge in [-0.25, -0.2) is 4.39 Å². The van der Waals surface area contributed by atoms with E-state index in [1.165, 1.54) is 12.8 Å². The van der Waals surface area contributed by atoms with Crippen LogP contribution in [0.2, 0.25) is 0 Å². The van der Waals surface area contributed by atoms with Crippen LogP contribution in [0.5, 0.6) is 5.75 Å². The van der Waals surface area contributed by atoms with Crippen LogP contribution < -0.4 is 15.4 Å². The van der Waals surface area contributed by atoms with Gasteiger partial charge in [-0.1, -0.05) is 13.0 Å². The summed E-state index contributed by atoms with van der Waals surface area (Å²) in [6, 6.07) is 7.08. The lowest BCUT2D eigenvalue weighted by Gasteiger charge is -2.28. The number of nitrogens with one attached hydrogen (secondary N) is 2. The molecule has 0 spiro atoms. The number of anilines is 1. The van der Waals surface area contributed by atoms with Crippen molar-refractivity contribution < 1.29 is 13.9 Å². The fourth-order valence-corrected chi connectivity index (χ4v) is 2.86. The molecule has 1 aromatic rings. The molecular formula is C17H25FN2O2. The van der Waals surface area contributed by atoms with Gasteiger partial charge in [-0.05, 0) is 49.9 Å². The second-order valence-electron chi connectivity index (χ2n) is 5.90. The van der Waals surface area contributed by atoms with E-state index in [2.05, 4.69) is 17.6 Å². The molecule has 4 nitrogen and oxygen atoms in total. The molecule has 2 N–H and O–H groups in total. The van der Waals surface area contributed by atoms with Crippen molar-refractivity contribution in [1.29, 1.82) is 0 Å². The van der Waals surface area contributed by atoms with E-state index in [1.807, 2.05) is 6.07 Å². The standard InChI is InChI=1S/C17H25FN2O2/c1-13(14-4-3-8-19-12-14)10-17(21)20-15-5-2-6-16(11-15)22-9-7-18/h2,5-6,11,13-14,19H,3-4,7-10,12H2,1H3,(H,20,21). The maximum absolute atomic E-state index is 12.2. The van der Waals surface area contributed by atoms with Crippen molar-refractivity contribution in [3.63, 3.8) is 0 Å². The topological polar surface area (TPSA) is 50.4 Å². The highest BCUT2D eigenvalue weighted by Crippen LogP contribution is 2.23. The molecule has 5 heteroatoms. The maximum Gasteiger partial charge on any atom is 0.224 e. The van der Waals surface area contributed by atoms with E-state index in [0.29, 0.717) is 29.7 Å². The molecule has 0 aliphatic carbocycles. The van der Waals surface area contributed by atoms with Crippen LogP contribution in [0.4, 0.5) is 10.1 Å². The molecule has 1 saturated heterocycles. The molecule has 0 bridgehead atoms. The number of carbonyl (C=O) groups excluding carboxylic acids is 1. The number of carbonyl (C=O) groups is 1. The highest BCUT2D eigenvalue weighted by atomic mass is 19.1. The summed E-state index contributed by atoms with van der Waals surface area (Å²) < 4.78 is 17.3. The number of hydrogen-bond donors (Lipinski definition) is 2. The van der Waals surface area contributed by atoms with Gasteiger partial charge in [0.05, 0.1) is 0 Å². The van der Waals surface area contributed by atoms with Crippen LogP contribution in [0.1, 0.15) is 26.2 Å². The summed E-state index contributed by atoms with van der Waals surface area (Å²) in [5, 5.41) is 6.28. The Balaban J connectivity index is 1.83. The van der Waals surface area contributed by atoms with E-state index in [0.717, 1.165) is 13.1 Å². The van der Waals surface area contributed by atoms with Crippen LogP contribution in [0.15, 0.2) is 24.3 Å². The third kappa shape index (κ3) is 5.30. The van der Waals surface area contributed by atoms with Gasteiger partial charge in [-0.15, -0.1) is 0 Å². The van der Waals surface area contributed by atoms with Crippen molar-refractivity contribution in [2.45, 2.75) is 26.2 Å². The minimum atomic E-state index is -0.524. The molecule has 1 fully saturated rings. The van der Waals surface area contributed by atoms with E-state index in [4.69, 9.17) is 4.74 Å². The smallest absolute Gasteiger partial charge is 0.224 e. The van der Waals surface area contributed by atoms with Gasteiger partial charge in [0.1, 0.15) is 19.0 Å². The number of rotatable bonds is 7. The summed E-state index contributed by atoms with van der Waals surface area (Å²) in [5.41, 5.74) is 0.690. The third-order valence-corrected chi connectivity index (χ3v) is 4.11. The number of halogens is 1. The van der Waals surface area contributed by atoms with Gasteiger partial charge in [-0.2, -0.15) is 0 Å². The molecule has 2 atom stereocenters. The van der Waals surface area contributed by atoms with Gasteiger partial charge in [0.2, 0.25) is 5.91 Å². The fraction of sp³-hybridized carbons (Fsp3) is 0.588. The monoisotopic (exact) mass is 308 g/mol. The molecule has 2 rings (SSSR count). The van der Waals surface area contributed by atoms with Gasteiger partial charge in [0.15, 0.2) is 0 Å². The van der Waals surface area contributed by atoms with Crippen molar-refractivity contribution in [2.24, 2.45) is 11.8 Å². The number of ether oxygens (including phenoxy) is 1. The molecule has 22 heavy (non-hydrogen) atoms. The van der Waals surface area contributed by atoms with E-state index >= 15 is 0 Å². The number of amides is 1. The van der Waals surface area contributed by atoms with Gasteiger partial charge >= 0.3 is 0 Å². The number of alkyl halides is 1. The molecule has 1 aliphatic rings. The lowest BCUT2D eigenvalue weighted by molar-refractivity contribution is -0.117. The van der Waals surface area contributed by atoms with Crippen LogP contribution >= 0.6 is 0 Å². The Morgan fingerprint density at radius 1 is 1.55 bits per heavy atom. The number of hydrogen-bond acceptors (Lipinski definition) is 3. The second kappa shape index (κ2) is 8.73. The summed E-state index contributed by atoms with van der Waals surface area (Å²) >= 11 is 0. The van der Waals surface area contributed by atoms with E-state index < -0.39 is 6.67 Å². The Bertz CT molecular complexity index is 475. The zero-order chi connectivity index (χ0) is 15.8. The van der Waals surface area contributed by atoms with E-state index in [9.17, 15) is 9.18 Å². The van der Waals surface area contributed by atoms with Crippen molar-refractivity contribution in [2.75, 3.05) is 31.7 Å². The number of piperidine rings is 1. The molecule has 122 valence electrons. The predicted molar refractivity (Wildman–Crippen MR) is 85.9 cm³/mol. The molecule has 1 heterocycles. The largest absolute Gasteiger partial charge is 0.491 e. The van der Waals surface area contributed by atoms with Crippen molar-refractivity contribution in [1.82, 2.24) is 5.32 Å². The normalized spacial score (nSPS) is 19.5. The Morgan fingerprint density at radius 3 is 3.14 bits per heavy atom. The molecule has 1 aromatic carbocycles. The molecule has 0 aromatic heterocycles. The Hall–Kier alpha value is -1.62. The van der Waals surface area contributed by atoms with E-state index in [-0.39, 0.29) is 12.5 Å². The van der Waals surface area contributed by atoms with Crippen molar-refractivity contribution >= 4 is 11.6 Å². The maximum atomic E-state index is 12.2. The molecule has 0 saturated carbocycles. The average molecular weight is 308 g/mol. The van der Waals surface area contributed by atoms with E-state index in [1.54, 1.807) is 18.2 Å². The summed E-state index contributed by atoms with van der Waals surface area (Å²) in [5.74, 6) is 1.51. The van der Waals surface area contributed by atoms with Gasteiger partial charge in [0, 0.05) is 18.2 Å². The highest BCUT2D eigenvalue weighted by molar-refractivity contribution is 5.91. The summed E-state index contributed by atoms with van der Waals surface area (Å²) in [7, 11) is 0. The predicted octanol–water partition coefficient (Wildman–Crippen LogP) is 3.00. The molecule has 1 amide bonds. The second-order valence-corrected chi connectivity index (χ2v) is 5.90. The molecule has 1 aliphatic heterocycles. The Kier molecular flexibility index (Phi) is 6.65. The van der Waals surface area contributed by atoms with Gasteiger partial charge in [-0.3, -0.25) is 4.79 Å². The minimum Gasteiger partial charge on any atom is -0.491 e. The first-order valence-corrected chi connectivity index (χ1v) is 7.98. The summed E-state index contributed by atoms with van der Waals surface area (Å²) in [4.78, 5) is 12.2. The Morgan fingerprint density at radius 2 is 2.41 bits per heavy atom. The first kappa shape index (κ1) is 16.7. The SMILES string of the molecule is CC(CC(=O)Nc1cccc(OCCF)c1)C1CCCNC1. The first-order valence-electron chi connectivity index (χ1n) is 7.98. The van der Waals surface area contributed by atoms with Crippen LogP contribution in [-0.2, 0) is 4.79 Å². The summed E-state index contributed by atoms with van der Waals surface area (Å²) in [6.07, 6.45) is 2.89. The van der Waals surface area contributed by atoms with Crippen LogP contribution in [-0.4, -0.2) is 32.3 Å². The molecule has 2 unspecified atom stereocenters. The molecular weight excluding hydrogens is 283 g/mol. The third-order valence-electron chi connectivity index (χ3n) is 4.11. The fourth-order valence-electron chi connectivity index (χ4n) is 2.86. The minimum absolute atomic E-state index is 0.0146. The lowest BCUT2D eigenvalue weighted by Crippen LogP contribution is -2.34. The van der Waals surface area contributed by atoms with Crippen LogP contribution in [0.25, 0.3) is 0 Å². The highest BCUT2D eigenvalue weighted by Gasteiger charge is 2.22. The quantitative estimate of drug-likeness (QED) is 0.814. The first-order chi connectivity index (χ1) is 10.7. The van der Waals surface area contributed by atoms with Gasteiger partial charge in [0.25, 0.3) is 0 Å². The summed E-state index contributed by atoms with van der Waals surface area (Å²) in [6.45, 7) is 3.73.